The standard InChI is InChI=1S/C14H20ClNOS/c1-10(2)6-16-7-12-13(15)4-3-5-14(12)18-11-8-17-9-11/h3-5,10-11,16H,6-9H2,1-2H3. The molecule has 2 nitrogen and oxygen atoms in total. The number of ether oxygens (including phenoxy) is 1. The molecule has 0 bridgehead atoms. The molecule has 0 aromatic heterocycles. The SMILES string of the molecule is CC(C)CNCc1c(Cl)cccc1SC1COC1. The molecule has 0 spiro atoms. The van der Waals surface area contributed by atoms with Crippen molar-refractivity contribution in [2.75, 3.05) is 19.8 Å². The minimum absolute atomic E-state index is 0.590. The van der Waals surface area contributed by atoms with E-state index in [2.05, 4.69) is 25.2 Å². The second kappa shape index (κ2) is 6.80. The van der Waals surface area contributed by atoms with Gasteiger partial charge in [-0.2, -0.15) is 0 Å². The van der Waals surface area contributed by atoms with Crippen LogP contribution in [0.2, 0.25) is 5.02 Å². The Morgan fingerprint density at radius 1 is 1.44 bits per heavy atom. The van der Waals surface area contributed by atoms with Gasteiger partial charge in [0.05, 0.1) is 18.5 Å². The fraction of sp³-hybridized carbons (Fsp3) is 0.571. The summed E-state index contributed by atoms with van der Waals surface area (Å²) in [5.41, 5.74) is 1.22. The normalized spacial score (nSPS) is 16.0. The summed E-state index contributed by atoms with van der Waals surface area (Å²) < 4.78 is 5.22. The molecule has 2 rings (SSSR count). The van der Waals surface area contributed by atoms with Crippen LogP contribution in [-0.2, 0) is 11.3 Å². The fourth-order valence-electron chi connectivity index (χ4n) is 1.77. The van der Waals surface area contributed by atoms with Gasteiger partial charge < -0.3 is 10.1 Å². The summed E-state index contributed by atoms with van der Waals surface area (Å²) in [6, 6.07) is 6.15. The van der Waals surface area contributed by atoms with Crippen LogP contribution in [-0.4, -0.2) is 25.0 Å². The molecule has 1 fully saturated rings. The van der Waals surface area contributed by atoms with Crippen molar-refractivity contribution in [3.8, 4) is 0 Å². The highest BCUT2D eigenvalue weighted by molar-refractivity contribution is 8.00. The third-order valence-electron chi connectivity index (χ3n) is 2.83. The maximum absolute atomic E-state index is 6.30. The third-order valence-corrected chi connectivity index (χ3v) is 4.43. The van der Waals surface area contributed by atoms with Gasteiger partial charge in [-0.15, -0.1) is 11.8 Å². The first kappa shape index (κ1) is 14.2. The van der Waals surface area contributed by atoms with E-state index in [1.807, 2.05) is 23.9 Å². The van der Waals surface area contributed by atoms with Crippen molar-refractivity contribution < 1.29 is 4.74 Å². The van der Waals surface area contributed by atoms with Gasteiger partial charge in [-0.1, -0.05) is 31.5 Å². The van der Waals surface area contributed by atoms with Crippen molar-refractivity contribution in [3.63, 3.8) is 0 Å². The van der Waals surface area contributed by atoms with E-state index in [1.165, 1.54) is 10.5 Å². The molecule has 0 unspecified atom stereocenters. The van der Waals surface area contributed by atoms with Gasteiger partial charge in [0.25, 0.3) is 0 Å². The molecular formula is C14H20ClNOS. The molecule has 0 aliphatic carbocycles. The molecule has 1 aromatic rings. The summed E-state index contributed by atoms with van der Waals surface area (Å²) in [4.78, 5) is 1.28. The molecular weight excluding hydrogens is 266 g/mol. The van der Waals surface area contributed by atoms with Crippen molar-refractivity contribution in [1.29, 1.82) is 0 Å². The highest BCUT2D eigenvalue weighted by atomic mass is 35.5. The molecule has 0 saturated carbocycles. The van der Waals surface area contributed by atoms with Crippen LogP contribution >= 0.6 is 23.4 Å². The summed E-state index contributed by atoms with van der Waals surface area (Å²) in [6.07, 6.45) is 0. The number of halogens is 1. The average molecular weight is 286 g/mol. The summed E-state index contributed by atoms with van der Waals surface area (Å²) in [5, 5.41) is 4.91. The van der Waals surface area contributed by atoms with Crippen molar-refractivity contribution in [1.82, 2.24) is 5.32 Å². The molecule has 4 heteroatoms. The number of thioether (sulfide) groups is 1. The van der Waals surface area contributed by atoms with Gasteiger partial charge in [0, 0.05) is 16.5 Å². The van der Waals surface area contributed by atoms with E-state index in [9.17, 15) is 0 Å². The Morgan fingerprint density at radius 3 is 2.83 bits per heavy atom. The summed E-state index contributed by atoms with van der Waals surface area (Å²) in [5.74, 6) is 0.656. The molecule has 1 heterocycles. The Labute approximate surface area is 118 Å². The Kier molecular flexibility index (Phi) is 5.37. The fourth-order valence-corrected chi connectivity index (χ4v) is 3.23. The largest absolute Gasteiger partial charge is 0.379 e. The highest BCUT2D eigenvalue weighted by Crippen LogP contribution is 2.33. The van der Waals surface area contributed by atoms with Gasteiger partial charge in [-0.3, -0.25) is 0 Å². The van der Waals surface area contributed by atoms with Crippen LogP contribution in [0.3, 0.4) is 0 Å². The Balaban J connectivity index is 2.00. The summed E-state index contributed by atoms with van der Waals surface area (Å²) in [7, 11) is 0. The number of hydrogen-bond acceptors (Lipinski definition) is 3. The number of hydrogen-bond donors (Lipinski definition) is 1. The highest BCUT2D eigenvalue weighted by Gasteiger charge is 2.21. The lowest BCUT2D eigenvalue weighted by molar-refractivity contribution is 0.0455. The number of rotatable bonds is 6. The quantitative estimate of drug-likeness (QED) is 0.863. The maximum atomic E-state index is 6.30. The van der Waals surface area contributed by atoms with Crippen molar-refractivity contribution in [2.45, 2.75) is 30.5 Å². The molecule has 1 N–H and O–H groups in total. The smallest absolute Gasteiger partial charge is 0.0611 e. The monoisotopic (exact) mass is 285 g/mol. The van der Waals surface area contributed by atoms with Gasteiger partial charge >= 0.3 is 0 Å². The molecule has 1 aliphatic heterocycles. The molecule has 18 heavy (non-hydrogen) atoms. The van der Waals surface area contributed by atoms with E-state index in [0.29, 0.717) is 11.2 Å². The molecule has 1 saturated heterocycles. The van der Waals surface area contributed by atoms with E-state index >= 15 is 0 Å². The van der Waals surface area contributed by atoms with Crippen molar-refractivity contribution in [2.24, 2.45) is 5.92 Å². The second-order valence-electron chi connectivity index (χ2n) is 5.02. The van der Waals surface area contributed by atoms with E-state index < -0.39 is 0 Å². The first-order valence-corrected chi connectivity index (χ1v) is 7.65. The minimum Gasteiger partial charge on any atom is -0.379 e. The third kappa shape index (κ3) is 3.89. The first-order valence-electron chi connectivity index (χ1n) is 6.39. The van der Waals surface area contributed by atoms with Crippen LogP contribution in [0.15, 0.2) is 23.1 Å². The lowest BCUT2D eigenvalue weighted by atomic mass is 10.2. The molecule has 1 aliphatic rings. The van der Waals surface area contributed by atoms with Gasteiger partial charge in [0.15, 0.2) is 0 Å². The zero-order valence-corrected chi connectivity index (χ0v) is 12.5. The zero-order valence-electron chi connectivity index (χ0n) is 10.9. The minimum atomic E-state index is 0.590. The molecule has 0 atom stereocenters. The Morgan fingerprint density at radius 2 is 2.22 bits per heavy atom. The average Bonchev–Trinajstić information content (AvgIpc) is 2.26. The molecule has 1 aromatic carbocycles. The van der Waals surface area contributed by atoms with Crippen LogP contribution in [0, 0.1) is 5.92 Å². The van der Waals surface area contributed by atoms with Gasteiger partial charge in [0.1, 0.15) is 0 Å². The lowest BCUT2D eigenvalue weighted by Crippen LogP contribution is -2.30. The van der Waals surface area contributed by atoms with Crippen molar-refractivity contribution >= 4 is 23.4 Å². The van der Waals surface area contributed by atoms with E-state index in [-0.39, 0.29) is 0 Å². The van der Waals surface area contributed by atoms with Crippen LogP contribution in [0.1, 0.15) is 19.4 Å². The summed E-state index contributed by atoms with van der Waals surface area (Å²) >= 11 is 8.19. The lowest BCUT2D eigenvalue weighted by Gasteiger charge is -2.26. The van der Waals surface area contributed by atoms with Crippen molar-refractivity contribution in [3.05, 3.63) is 28.8 Å². The number of benzene rings is 1. The second-order valence-corrected chi connectivity index (χ2v) is 6.77. The Bertz CT molecular complexity index is 393. The Hall–Kier alpha value is -0.220. The van der Waals surface area contributed by atoms with Crippen LogP contribution in [0.5, 0.6) is 0 Å². The van der Waals surface area contributed by atoms with E-state index in [4.69, 9.17) is 16.3 Å². The van der Waals surface area contributed by atoms with E-state index in [0.717, 1.165) is 31.3 Å². The first-order chi connectivity index (χ1) is 8.66. The van der Waals surface area contributed by atoms with Gasteiger partial charge in [-0.25, -0.2) is 0 Å². The van der Waals surface area contributed by atoms with Gasteiger partial charge in [-0.05, 0) is 30.2 Å². The maximum Gasteiger partial charge on any atom is 0.0611 e. The zero-order chi connectivity index (χ0) is 13.0. The van der Waals surface area contributed by atoms with E-state index in [1.54, 1.807) is 0 Å². The molecule has 0 amide bonds. The van der Waals surface area contributed by atoms with Crippen LogP contribution < -0.4 is 5.32 Å². The number of nitrogens with one attached hydrogen (secondary N) is 1. The topological polar surface area (TPSA) is 21.3 Å². The van der Waals surface area contributed by atoms with Crippen LogP contribution in [0.25, 0.3) is 0 Å². The predicted octanol–water partition coefficient (Wildman–Crippen LogP) is 3.58. The summed E-state index contributed by atoms with van der Waals surface area (Å²) in [6.45, 7) is 7.99. The van der Waals surface area contributed by atoms with Crippen LogP contribution in [0.4, 0.5) is 0 Å². The predicted molar refractivity (Wildman–Crippen MR) is 78.5 cm³/mol. The van der Waals surface area contributed by atoms with Gasteiger partial charge in [0.2, 0.25) is 0 Å². The molecule has 100 valence electrons. The molecule has 0 radical (unpaired) electrons.